The van der Waals surface area contributed by atoms with Crippen LogP contribution in [-0.2, 0) is 4.74 Å². The number of para-hydroxylation sites is 2. The summed E-state index contributed by atoms with van der Waals surface area (Å²) in [6, 6.07) is 14.7. The summed E-state index contributed by atoms with van der Waals surface area (Å²) in [4.78, 5) is 15.0. The minimum atomic E-state index is -0.377. The van der Waals surface area contributed by atoms with Gasteiger partial charge in [-0.15, -0.1) is 15.0 Å². The van der Waals surface area contributed by atoms with Crippen molar-refractivity contribution in [3.8, 4) is 17.1 Å². The Balaban J connectivity index is 1.93. The lowest BCUT2D eigenvalue weighted by molar-refractivity contribution is 0.0601. The Morgan fingerprint density at radius 3 is 2.46 bits per heavy atom. The maximum Gasteiger partial charge on any atom is 0.337 e. The number of rotatable bonds is 4. The molecular weight excluding hydrogens is 306 g/mol. The van der Waals surface area contributed by atoms with Crippen molar-refractivity contribution in [2.45, 2.75) is 0 Å². The van der Waals surface area contributed by atoms with E-state index in [0.717, 1.165) is 16.9 Å². The maximum atomic E-state index is 11.5. The molecule has 0 aliphatic heterocycles. The summed E-state index contributed by atoms with van der Waals surface area (Å²) in [6.07, 6.45) is 0. The molecule has 7 nitrogen and oxygen atoms in total. The molecule has 3 aromatic rings. The minimum absolute atomic E-state index is 0.377. The van der Waals surface area contributed by atoms with E-state index in [0.29, 0.717) is 11.4 Å². The zero-order valence-corrected chi connectivity index (χ0v) is 13.7. The van der Waals surface area contributed by atoms with E-state index < -0.39 is 0 Å². The van der Waals surface area contributed by atoms with Gasteiger partial charge < -0.3 is 9.64 Å². The van der Waals surface area contributed by atoms with Crippen LogP contribution in [0.4, 0.5) is 5.69 Å². The Morgan fingerprint density at radius 1 is 1.08 bits per heavy atom. The minimum Gasteiger partial charge on any atom is -0.465 e. The second kappa shape index (κ2) is 6.49. The number of tetrazole rings is 1. The summed E-state index contributed by atoms with van der Waals surface area (Å²) >= 11 is 0. The highest BCUT2D eigenvalue weighted by Gasteiger charge is 2.12. The third-order valence-electron chi connectivity index (χ3n) is 3.56. The number of methoxy groups -OCH3 is 1. The number of hydrogen-bond donors (Lipinski definition) is 0. The molecule has 1 aromatic heterocycles. The fraction of sp³-hybridized carbons (Fsp3) is 0.176. The van der Waals surface area contributed by atoms with Gasteiger partial charge in [0, 0.05) is 19.7 Å². The van der Waals surface area contributed by atoms with E-state index in [1.807, 2.05) is 43.3 Å². The van der Waals surface area contributed by atoms with E-state index in [2.05, 4.69) is 20.1 Å². The van der Waals surface area contributed by atoms with Gasteiger partial charge in [0.2, 0.25) is 5.82 Å². The number of ether oxygens (including phenoxy) is 1. The average Bonchev–Trinajstić information content (AvgIpc) is 3.11. The first kappa shape index (κ1) is 15.7. The number of benzene rings is 2. The van der Waals surface area contributed by atoms with Crippen molar-refractivity contribution < 1.29 is 9.53 Å². The molecule has 2 aromatic carbocycles. The van der Waals surface area contributed by atoms with E-state index >= 15 is 0 Å². The molecule has 0 bridgehead atoms. The van der Waals surface area contributed by atoms with E-state index in [1.165, 1.54) is 11.9 Å². The number of anilines is 1. The molecule has 0 atom stereocenters. The second-order valence-electron chi connectivity index (χ2n) is 5.35. The van der Waals surface area contributed by atoms with Crippen LogP contribution in [0.25, 0.3) is 17.1 Å². The van der Waals surface area contributed by atoms with Gasteiger partial charge in [-0.3, -0.25) is 0 Å². The van der Waals surface area contributed by atoms with Crippen molar-refractivity contribution in [1.82, 2.24) is 20.2 Å². The zero-order chi connectivity index (χ0) is 17.1. The van der Waals surface area contributed by atoms with Gasteiger partial charge in [-0.05, 0) is 29.5 Å². The number of esters is 1. The van der Waals surface area contributed by atoms with Crippen LogP contribution in [0.1, 0.15) is 10.4 Å². The van der Waals surface area contributed by atoms with Gasteiger partial charge in [-0.1, -0.05) is 24.3 Å². The molecule has 0 aliphatic carbocycles. The molecule has 0 radical (unpaired) electrons. The topological polar surface area (TPSA) is 73.1 Å². The highest BCUT2D eigenvalue weighted by Crippen LogP contribution is 2.22. The predicted molar refractivity (Wildman–Crippen MR) is 90.3 cm³/mol. The molecule has 0 saturated carbocycles. The van der Waals surface area contributed by atoms with Gasteiger partial charge in [0.25, 0.3) is 0 Å². The molecule has 0 fully saturated rings. The van der Waals surface area contributed by atoms with Gasteiger partial charge in [-0.25, -0.2) is 4.79 Å². The van der Waals surface area contributed by atoms with Crippen molar-refractivity contribution in [1.29, 1.82) is 0 Å². The van der Waals surface area contributed by atoms with Crippen LogP contribution in [0.5, 0.6) is 0 Å². The van der Waals surface area contributed by atoms with Crippen LogP contribution >= 0.6 is 0 Å². The standard InChI is InChI=1S/C17H17N5O2/c1-21(2)14-6-4-5-7-15(14)22-19-16(18-20-22)12-8-10-13(11-9-12)17(23)24-3/h4-11H,1-3H3. The number of carbonyl (C=O) groups excluding carboxylic acids is 1. The molecular formula is C17H17N5O2. The van der Waals surface area contributed by atoms with Gasteiger partial charge in [0.15, 0.2) is 0 Å². The van der Waals surface area contributed by atoms with E-state index in [9.17, 15) is 4.79 Å². The zero-order valence-electron chi connectivity index (χ0n) is 13.7. The molecule has 0 N–H and O–H groups in total. The molecule has 0 aliphatic rings. The first-order valence-corrected chi connectivity index (χ1v) is 7.35. The Morgan fingerprint density at radius 2 is 1.79 bits per heavy atom. The summed E-state index contributed by atoms with van der Waals surface area (Å²) in [5.41, 5.74) is 3.08. The molecule has 0 saturated heterocycles. The lowest BCUT2D eigenvalue weighted by Crippen LogP contribution is -2.13. The average molecular weight is 323 g/mol. The first-order chi connectivity index (χ1) is 11.6. The van der Waals surface area contributed by atoms with Crippen LogP contribution in [0, 0.1) is 0 Å². The summed E-state index contributed by atoms with van der Waals surface area (Å²) in [7, 11) is 5.27. The summed E-state index contributed by atoms with van der Waals surface area (Å²) < 4.78 is 4.69. The number of nitrogens with zero attached hydrogens (tertiary/aromatic N) is 5. The van der Waals surface area contributed by atoms with Crippen LogP contribution in [0.3, 0.4) is 0 Å². The maximum absolute atomic E-state index is 11.5. The highest BCUT2D eigenvalue weighted by atomic mass is 16.5. The fourth-order valence-corrected chi connectivity index (χ4v) is 2.32. The first-order valence-electron chi connectivity index (χ1n) is 7.35. The number of carbonyl (C=O) groups is 1. The van der Waals surface area contributed by atoms with E-state index in [-0.39, 0.29) is 5.97 Å². The van der Waals surface area contributed by atoms with Crippen LogP contribution < -0.4 is 4.90 Å². The lowest BCUT2D eigenvalue weighted by atomic mass is 10.1. The second-order valence-corrected chi connectivity index (χ2v) is 5.35. The Bertz CT molecular complexity index is 855. The third kappa shape index (κ3) is 2.96. The van der Waals surface area contributed by atoms with Crippen molar-refractivity contribution in [3.63, 3.8) is 0 Å². The van der Waals surface area contributed by atoms with Gasteiger partial charge in [-0.2, -0.15) is 0 Å². The van der Waals surface area contributed by atoms with E-state index in [1.54, 1.807) is 24.3 Å². The Labute approximate surface area is 139 Å². The summed E-state index contributed by atoms with van der Waals surface area (Å²) in [5, 5.41) is 12.7. The van der Waals surface area contributed by atoms with Gasteiger partial charge >= 0.3 is 5.97 Å². The molecule has 122 valence electrons. The van der Waals surface area contributed by atoms with Crippen molar-refractivity contribution >= 4 is 11.7 Å². The van der Waals surface area contributed by atoms with Crippen molar-refractivity contribution in [2.24, 2.45) is 0 Å². The van der Waals surface area contributed by atoms with Crippen LogP contribution in [0.15, 0.2) is 48.5 Å². The van der Waals surface area contributed by atoms with Gasteiger partial charge in [0.1, 0.15) is 5.69 Å². The summed E-state index contributed by atoms with van der Waals surface area (Å²) in [5.74, 6) is 0.109. The van der Waals surface area contributed by atoms with Crippen molar-refractivity contribution in [2.75, 3.05) is 26.1 Å². The predicted octanol–water partition coefficient (Wildman–Crippen LogP) is 2.18. The Kier molecular flexibility index (Phi) is 4.24. The van der Waals surface area contributed by atoms with Crippen molar-refractivity contribution in [3.05, 3.63) is 54.1 Å². The SMILES string of the molecule is COC(=O)c1ccc(-c2nnn(-c3ccccc3N(C)C)n2)cc1. The fourth-order valence-electron chi connectivity index (χ4n) is 2.32. The number of hydrogen-bond acceptors (Lipinski definition) is 6. The number of aromatic nitrogens is 4. The molecule has 0 unspecified atom stereocenters. The molecule has 1 heterocycles. The molecule has 0 spiro atoms. The van der Waals surface area contributed by atoms with E-state index in [4.69, 9.17) is 0 Å². The lowest BCUT2D eigenvalue weighted by Gasteiger charge is -2.15. The third-order valence-corrected chi connectivity index (χ3v) is 3.56. The smallest absolute Gasteiger partial charge is 0.337 e. The highest BCUT2D eigenvalue weighted by molar-refractivity contribution is 5.89. The van der Waals surface area contributed by atoms with Crippen LogP contribution in [0.2, 0.25) is 0 Å². The van der Waals surface area contributed by atoms with Crippen LogP contribution in [-0.4, -0.2) is 47.4 Å². The molecule has 7 heteroatoms. The monoisotopic (exact) mass is 323 g/mol. The van der Waals surface area contributed by atoms with Gasteiger partial charge in [0.05, 0.1) is 18.4 Å². The molecule has 0 amide bonds. The normalized spacial score (nSPS) is 10.5. The molecule has 24 heavy (non-hydrogen) atoms. The molecule has 3 rings (SSSR count). The summed E-state index contributed by atoms with van der Waals surface area (Å²) in [6.45, 7) is 0. The Hall–Kier alpha value is -3.22. The quantitative estimate of drug-likeness (QED) is 0.685. The largest absolute Gasteiger partial charge is 0.465 e.